The maximum absolute atomic E-state index is 2.75. The Balaban J connectivity index is 1.42. The molecule has 0 aromatic heterocycles. The van der Waals surface area contributed by atoms with E-state index in [0.29, 0.717) is 5.41 Å². The molecule has 0 heteroatoms. The molecule has 26 heavy (non-hydrogen) atoms. The topological polar surface area (TPSA) is 0 Å². The number of hydrogen-bond donors (Lipinski definition) is 0. The molecule has 150 valence electrons. The summed E-state index contributed by atoms with van der Waals surface area (Å²) in [6, 6.07) is 0. The highest BCUT2D eigenvalue weighted by Gasteiger charge is 2.57. The Morgan fingerprint density at radius 2 is 1.58 bits per heavy atom. The summed E-state index contributed by atoms with van der Waals surface area (Å²) >= 11 is 0. The fraction of sp³-hybridized carbons (Fsp3) is 1.00. The Kier molecular flexibility index (Phi) is 5.79. The van der Waals surface area contributed by atoms with Crippen molar-refractivity contribution in [1.29, 1.82) is 0 Å². The highest BCUT2D eigenvalue weighted by molar-refractivity contribution is 5.06. The van der Waals surface area contributed by atoms with Crippen molar-refractivity contribution in [2.24, 2.45) is 52.8 Å². The highest BCUT2D eigenvalue weighted by Crippen LogP contribution is 2.65. The zero-order chi connectivity index (χ0) is 18.3. The fourth-order valence-electron chi connectivity index (χ4n) is 8.85. The van der Waals surface area contributed by atoms with Gasteiger partial charge in [0.25, 0.3) is 0 Å². The van der Waals surface area contributed by atoms with Crippen LogP contribution in [0.3, 0.4) is 0 Å². The number of hydrogen-bond acceptors (Lipinski definition) is 0. The van der Waals surface area contributed by atoms with Crippen molar-refractivity contribution in [3.63, 3.8) is 0 Å². The van der Waals surface area contributed by atoms with E-state index in [1.807, 2.05) is 0 Å². The molecule has 8 atom stereocenters. The molecule has 4 rings (SSSR count). The molecule has 4 aliphatic carbocycles. The van der Waals surface area contributed by atoms with Gasteiger partial charge in [-0.15, -0.1) is 0 Å². The van der Waals surface area contributed by atoms with E-state index in [1.165, 1.54) is 25.7 Å². The first-order chi connectivity index (χ1) is 12.5. The maximum Gasteiger partial charge on any atom is -0.0264 e. The Hall–Kier alpha value is 0. The minimum absolute atomic E-state index is 0.694. The van der Waals surface area contributed by atoms with Crippen LogP contribution >= 0.6 is 0 Å². The Labute approximate surface area is 164 Å². The van der Waals surface area contributed by atoms with Gasteiger partial charge in [-0.3, -0.25) is 0 Å². The normalized spacial score (nSPS) is 46.5. The largest absolute Gasteiger partial charge is 0.0628 e. The molecule has 4 aliphatic rings. The van der Waals surface area contributed by atoms with E-state index in [-0.39, 0.29) is 0 Å². The standard InChI is InChI=1S/C26H46/c1-18(2)8-7-9-19(3)24-14-15-25-23-13-12-20-10-5-6-11-21(20)22(23)16-17-26(24,25)4/h18-25H,5-17H2,1-4H3/t19-,20?,21+,22-,23-,24-,25+,26-/m1/s1. The second-order valence-electron chi connectivity index (χ2n) is 11.8. The van der Waals surface area contributed by atoms with E-state index in [2.05, 4.69) is 27.7 Å². The summed E-state index contributed by atoms with van der Waals surface area (Å²) in [6.45, 7) is 10.1. The van der Waals surface area contributed by atoms with Crippen LogP contribution in [-0.2, 0) is 0 Å². The Morgan fingerprint density at radius 3 is 2.38 bits per heavy atom. The first-order valence-corrected chi connectivity index (χ1v) is 12.5. The van der Waals surface area contributed by atoms with E-state index in [1.54, 1.807) is 57.8 Å². The van der Waals surface area contributed by atoms with Crippen LogP contribution in [0.25, 0.3) is 0 Å². The molecule has 0 radical (unpaired) electrons. The average Bonchev–Trinajstić information content (AvgIpc) is 2.98. The van der Waals surface area contributed by atoms with Crippen molar-refractivity contribution in [1.82, 2.24) is 0 Å². The van der Waals surface area contributed by atoms with Gasteiger partial charge in [-0.1, -0.05) is 66.2 Å². The summed E-state index contributed by atoms with van der Waals surface area (Å²) in [5.41, 5.74) is 0.694. The predicted molar refractivity (Wildman–Crippen MR) is 113 cm³/mol. The minimum Gasteiger partial charge on any atom is -0.0628 e. The lowest BCUT2D eigenvalue weighted by Gasteiger charge is -2.56. The number of rotatable bonds is 5. The third-order valence-electron chi connectivity index (χ3n) is 10.1. The molecular formula is C26H46. The zero-order valence-corrected chi connectivity index (χ0v) is 18.3. The van der Waals surface area contributed by atoms with Crippen LogP contribution in [0.1, 0.15) is 111 Å². The summed E-state index contributed by atoms with van der Waals surface area (Å²) in [7, 11) is 0. The van der Waals surface area contributed by atoms with Gasteiger partial charge in [-0.05, 0) is 97.7 Å². The lowest BCUT2D eigenvalue weighted by atomic mass is 9.49. The second kappa shape index (κ2) is 7.79. The molecule has 0 nitrogen and oxygen atoms in total. The first-order valence-electron chi connectivity index (χ1n) is 12.5. The molecule has 0 spiro atoms. The van der Waals surface area contributed by atoms with Gasteiger partial charge in [0.05, 0.1) is 0 Å². The minimum atomic E-state index is 0.694. The maximum atomic E-state index is 2.75. The lowest BCUT2D eigenvalue weighted by Crippen LogP contribution is -2.48. The predicted octanol–water partition coefficient (Wildman–Crippen LogP) is 8.11. The van der Waals surface area contributed by atoms with E-state index in [9.17, 15) is 0 Å². The van der Waals surface area contributed by atoms with Crippen LogP contribution < -0.4 is 0 Å². The van der Waals surface area contributed by atoms with Crippen LogP contribution in [0.2, 0.25) is 0 Å². The van der Waals surface area contributed by atoms with Crippen molar-refractivity contribution in [3.8, 4) is 0 Å². The SMILES string of the molecule is CC(C)CCC[C@@H](C)[C@H]1CC[C@H]2[C@@H]3CCC4CCCC[C@@H]4[C@H]3CC[C@]12C. The molecular weight excluding hydrogens is 312 g/mol. The first kappa shape index (κ1) is 19.3. The quantitative estimate of drug-likeness (QED) is 0.465. The lowest BCUT2D eigenvalue weighted by molar-refractivity contribution is -0.0688. The molecule has 4 fully saturated rings. The smallest absolute Gasteiger partial charge is 0.0264 e. The van der Waals surface area contributed by atoms with Crippen molar-refractivity contribution in [2.75, 3.05) is 0 Å². The van der Waals surface area contributed by atoms with Crippen LogP contribution in [0.15, 0.2) is 0 Å². The van der Waals surface area contributed by atoms with E-state index < -0.39 is 0 Å². The molecule has 0 heterocycles. The van der Waals surface area contributed by atoms with Crippen molar-refractivity contribution < 1.29 is 0 Å². The molecule has 0 aromatic rings. The Morgan fingerprint density at radius 1 is 0.769 bits per heavy atom. The van der Waals surface area contributed by atoms with Crippen LogP contribution in [0, 0.1) is 52.8 Å². The fourth-order valence-corrected chi connectivity index (χ4v) is 8.85. The molecule has 0 aromatic carbocycles. The molecule has 0 saturated heterocycles. The summed E-state index contributed by atoms with van der Waals surface area (Å²) < 4.78 is 0. The van der Waals surface area contributed by atoms with Gasteiger partial charge in [-0.25, -0.2) is 0 Å². The van der Waals surface area contributed by atoms with Gasteiger partial charge in [0.1, 0.15) is 0 Å². The van der Waals surface area contributed by atoms with Crippen LogP contribution in [0.4, 0.5) is 0 Å². The third kappa shape index (κ3) is 3.41. The van der Waals surface area contributed by atoms with Gasteiger partial charge in [-0.2, -0.15) is 0 Å². The van der Waals surface area contributed by atoms with Gasteiger partial charge in [0, 0.05) is 0 Å². The van der Waals surface area contributed by atoms with Crippen molar-refractivity contribution in [3.05, 3.63) is 0 Å². The van der Waals surface area contributed by atoms with Crippen LogP contribution in [-0.4, -0.2) is 0 Å². The second-order valence-corrected chi connectivity index (χ2v) is 11.8. The summed E-state index contributed by atoms with van der Waals surface area (Å²) in [6.07, 6.45) is 20.1. The summed E-state index contributed by atoms with van der Waals surface area (Å²) in [5.74, 6) is 8.46. The molecule has 0 bridgehead atoms. The molecule has 4 saturated carbocycles. The van der Waals surface area contributed by atoms with E-state index in [0.717, 1.165) is 47.3 Å². The highest BCUT2D eigenvalue weighted by atomic mass is 14.6. The monoisotopic (exact) mass is 358 g/mol. The third-order valence-corrected chi connectivity index (χ3v) is 10.1. The van der Waals surface area contributed by atoms with E-state index in [4.69, 9.17) is 0 Å². The van der Waals surface area contributed by atoms with Gasteiger partial charge >= 0.3 is 0 Å². The van der Waals surface area contributed by atoms with Crippen LogP contribution in [0.5, 0.6) is 0 Å². The average molecular weight is 359 g/mol. The van der Waals surface area contributed by atoms with E-state index >= 15 is 0 Å². The van der Waals surface area contributed by atoms with Crippen molar-refractivity contribution >= 4 is 0 Å². The molecule has 0 N–H and O–H groups in total. The van der Waals surface area contributed by atoms with Gasteiger partial charge in [0.15, 0.2) is 0 Å². The zero-order valence-electron chi connectivity index (χ0n) is 18.3. The molecule has 1 unspecified atom stereocenters. The Bertz CT molecular complexity index is 465. The van der Waals surface area contributed by atoms with Gasteiger partial charge in [0.2, 0.25) is 0 Å². The summed E-state index contributed by atoms with van der Waals surface area (Å²) in [4.78, 5) is 0. The van der Waals surface area contributed by atoms with Gasteiger partial charge < -0.3 is 0 Å². The molecule has 0 aliphatic heterocycles. The molecule has 0 amide bonds. The summed E-state index contributed by atoms with van der Waals surface area (Å²) in [5, 5.41) is 0. The number of fused-ring (bicyclic) bond motifs is 5. The van der Waals surface area contributed by atoms with Crippen molar-refractivity contribution in [2.45, 2.75) is 111 Å².